The van der Waals surface area contributed by atoms with Crippen LogP contribution >= 0.6 is 0 Å². The SMILES string of the molecule is CC1COCCN1c1cc(-c2cc(F)ccc2S(C)(=O)=O)nc(-c2ccc(N(C(=O)O)c3ccccc3)cc2)n1. The van der Waals surface area contributed by atoms with Gasteiger partial charge in [-0.25, -0.2) is 32.5 Å². The van der Waals surface area contributed by atoms with E-state index < -0.39 is 21.7 Å². The van der Waals surface area contributed by atoms with Crippen LogP contribution in [0.3, 0.4) is 0 Å². The van der Waals surface area contributed by atoms with Crippen molar-refractivity contribution in [3.63, 3.8) is 0 Å². The fourth-order valence-electron chi connectivity index (χ4n) is 4.65. The number of morpholine rings is 1. The number of ether oxygens (including phenoxy) is 1. The van der Waals surface area contributed by atoms with Crippen LogP contribution < -0.4 is 9.80 Å². The summed E-state index contributed by atoms with van der Waals surface area (Å²) in [6.45, 7) is 3.53. The van der Waals surface area contributed by atoms with Crippen molar-refractivity contribution in [1.82, 2.24) is 9.97 Å². The Bertz CT molecular complexity index is 1650. The van der Waals surface area contributed by atoms with Gasteiger partial charge in [-0.1, -0.05) is 18.2 Å². The fourth-order valence-corrected chi connectivity index (χ4v) is 5.53. The van der Waals surface area contributed by atoms with E-state index >= 15 is 0 Å². The van der Waals surface area contributed by atoms with Crippen molar-refractivity contribution in [1.29, 1.82) is 0 Å². The van der Waals surface area contributed by atoms with E-state index in [9.17, 15) is 22.7 Å². The Labute approximate surface area is 231 Å². The second-order valence-corrected chi connectivity index (χ2v) is 11.4. The van der Waals surface area contributed by atoms with E-state index in [0.29, 0.717) is 42.5 Å². The highest BCUT2D eigenvalue weighted by Gasteiger charge is 2.24. The third-order valence-electron chi connectivity index (χ3n) is 6.58. The summed E-state index contributed by atoms with van der Waals surface area (Å²) in [6.07, 6.45) is -0.0728. The van der Waals surface area contributed by atoms with Gasteiger partial charge in [0.15, 0.2) is 15.7 Å². The van der Waals surface area contributed by atoms with Gasteiger partial charge in [-0.05, 0) is 61.5 Å². The third kappa shape index (κ3) is 5.65. The summed E-state index contributed by atoms with van der Waals surface area (Å²) in [5.74, 6) is 0.228. The minimum absolute atomic E-state index is 0.0105. The lowest BCUT2D eigenvalue weighted by Gasteiger charge is -2.34. The Hall–Kier alpha value is -4.35. The summed E-state index contributed by atoms with van der Waals surface area (Å²) in [5, 5.41) is 9.85. The molecule has 4 aromatic rings. The summed E-state index contributed by atoms with van der Waals surface area (Å²) in [7, 11) is -3.70. The summed E-state index contributed by atoms with van der Waals surface area (Å²) >= 11 is 0. The number of anilines is 3. The van der Waals surface area contributed by atoms with Gasteiger partial charge in [0.05, 0.1) is 41.2 Å². The number of benzene rings is 3. The standard InChI is InChI=1S/C29H27FN4O5S/c1-19-18-39-15-14-33(19)27-17-25(24-16-21(30)10-13-26(24)40(2,37)38)31-28(32-27)20-8-11-23(12-9-20)34(29(35)36)22-6-4-3-5-7-22/h3-13,16-17,19H,14-15,18H2,1-2H3,(H,35,36). The Morgan fingerprint density at radius 1 is 1.02 bits per heavy atom. The molecule has 0 radical (unpaired) electrons. The molecule has 1 N–H and O–H groups in total. The molecule has 1 aliphatic heterocycles. The zero-order valence-corrected chi connectivity index (χ0v) is 22.7. The molecule has 1 aliphatic rings. The van der Waals surface area contributed by atoms with Gasteiger partial charge in [-0.15, -0.1) is 0 Å². The van der Waals surface area contributed by atoms with Crippen LogP contribution in [0.1, 0.15) is 6.92 Å². The van der Waals surface area contributed by atoms with Crippen molar-refractivity contribution in [2.24, 2.45) is 0 Å². The Morgan fingerprint density at radius 3 is 2.38 bits per heavy atom. The molecule has 206 valence electrons. The van der Waals surface area contributed by atoms with E-state index in [0.717, 1.165) is 23.3 Å². The lowest BCUT2D eigenvalue weighted by molar-refractivity contribution is 0.0985. The molecule has 3 aromatic carbocycles. The van der Waals surface area contributed by atoms with E-state index in [4.69, 9.17) is 9.72 Å². The number of sulfone groups is 1. The van der Waals surface area contributed by atoms with Crippen LogP contribution in [0.5, 0.6) is 0 Å². The van der Waals surface area contributed by atoms with Crippen LogP contribution in [0.4, 0.5) is 26.4 Å². The van der Waals surface area contributed by atoms with Gasteiger partial charge < -0.3 is 14.7 Å². The first-order chi connectivity index (χ1) is 19.1. The predicted molar refractivity (Wildman–Crippen MR) is 150 cm³/mol. The lowest BCUT2D eigenvalue weighted by atomic mass is 10.1. The number of hydrogen-bond acceptors (Lipinski definition) is 7. The molecule has 1 fully saturated rings. The molecular formula is C29H27FN4O5S. The van der Waals surface area contributed by atoms with E-state index in [2.05, 4.69) is 4.98 Å². The fraction of sp³-hybridized carbons (Fsp3) is 0.207. The smallest absolute Gasteiger partial charge is 0.416 e. The first-order valence-corrected chi connectivity index (χ1v) is 14.4. The number of carboxylic acid groups (broad SMARTS) is 1. The van der Waals surface area contributed by atoms with Gasteiger partial charge in [0.2, 0.25) is 0 Å². The van der Waals surface area contributed by atoms with Gasteiger partial charge in [0.25, 0.3) is 0 Å². The number of hydrogen-bond donors (Lipinski definition) is 1. The maximum Gasteiger partial charge on any atom is 0.416 e. The van der Waals surface area contributed by atoms with Crippen molar-refractivity contribution in [3.05, 3.63) is 84.7 Å². The number of rotatable bonds is 6. The van der Waals surface area contributed by atoms with Gasteiger partial charge in [-0.3, -0.25) is 0 Å². The number of nitrogens with zero attached hydrogens (tertiary/aromatic N) is 4. The molecule has 1 aromatic heterocycles. The molecule has 1 atom stereocenters. The molecule has 11 heteroatoms. The van der Waals surface area contributed by atoms with E-state index in [-0.39, 0.29) is 28.0 Å². The summed E-state index contributed by atoms with van der Waals surface area (Å²) in [6, 6.07) is 20.5. The average Bonchev–Trinajstić information content (AvgIpc) is 2.93. The summed E-state index contributed by atoms with van der Waals surface area (Å²) in [5.41, 5.74) is 1.86. The second-order valence-electron chi connectivity index (χ2n) is 9.47. The zero-order valence-electron chi connectivity index (χ0n) is 21.9. The van der Waals surface area contributed by atoms with Crippen LogP contribution in [0.25, 0.3) is 22.6 Å². The first kappa shape index (κ1) is 27.2. The molecule has 40 heavy (non-hydrogen) atoms. The van der Waals surface area contributed by atoms with E-state index in [1.807, 2.05) is 11.8 Å². The molecule has 0 saturated carbocycles. The number of para-hydroxylation sites is 1. The molecule has 1 saturated heterocycles. The highest BCUT2D eigenvalue weighted by atomic mass is 32.2. The molecular weight excluding hydrogens is 535 g/mol. The zero-order chi connectivity index (χ0) is 28.4. The maximum absolute atomic E-state index is 14.4. The molecule has 9 nitrogen and oxygen atoms in total. The molecule has 0 spiro atoms. The van der Waals surface area contributed by atoms with Crippen molar-refractivity contribution in [3.8, 4) is 22.6 Å². The van der Waals surface area contributed by atoms with Gasteiger partial charge >= 0.3 is 6.09 Å². The number of amides is 1. The molecule has 0 bridgehead atoms. The quantitative estimate of drug-likeness (QED) is 0.311. The third-order valence-corrected chi connectivity index (χ3v) is 7.74. The van der Waals surface area contributed by atoms with E-state index in [1.165, 1.54) is 6.07 Å². The van der Waals surface area contributed by atoms with E-state index in [1.54, 1.807) is 60.7 Å². The molecule has 1 amide bonds. The highest BCUT2D eigenvalue weighted by molar-refractivity contribution is 7.90. The Morgan fingerprint density at radius 2 is 1.73 bits per heavy atom. The Kier molecular flexibility index (Phi) is 7.51. The summed E-state index contributed by atoms with van der Waals surface area (Å²) < 4.78 is 45.1. The second kappa shape index (κ2) is 11.0. The van der Waals surface area contributed by atoms with Gasteiger partial charge in [0, 0.05) is 30.0 Å². The number of halogens is 1. The molecule has 1 unspecified atom stereocenters. The van der Waals surface area contributed by atoms with Crippen molar-refractivity contribution >= 4 is 33.1 Å². The van der Waals surface area contributed by atoms with Crippen LogP contribution in [-0.4, -0.2) is 61.6 Å². The molecule has 2 heterocycles. The Balaban J connectivity index is 1.63. The van der Waals surface area contributed by atoms with Crippen LogP contribution in [0.2, 0.25) is 0 Å². The van der Waals surface area contributed by atoms with Crippen molar-refractivity contribution < 1.29 is 27.4 Å². The maximum atomic E-state index is 14.4. The number of carbonyl (C=O) groups is 1. The minimum Gasteiger partial charge on any atom is -0.464 e. The van der Waals surface area contributed by atoms with Gasteiger partial charge in [-0.2, -0.15) is 0 Å². The van der Waals surface area contributed by atoms with Crippen molar-refractivity contribution in [2.75, 3.05) is 35.8 Å². The monoisotopic (exact) mass is 562 g/mol. The minimum atomic E-state index is -3.70. The van der Waals surface area contributed by atoms with Crippen LogP contribution in [0, 0.1) is 5.82 Å². The summed E-state index contributed by atoms with van der Waals surface area (Å²) in [4.78, 5) is 24.6. The molecule has 5 rings (SSSR count). The topological polar surface area (TPSA) is 113 Å². The average molecular weight is 563 g/mol. The predicted octanol–water partition coefficient (Wildman–Crippen LogP) is 5.39. The van der Waals surface area contributed by atoms with Crippen molar-refractivity contribution in [2.45, 2.75) is 17.9 Å². The van der Waals surface area contributed by atoms with Crippen LogP contribution in [-0.2, 0) is 14.6 Å². The number of aromatic nitrogens is 2. The first-order valence-electron chi connectivity index (χ1n) is 12.5. The van der Waals surface area contributed by atoms with Gasteiger partial charge in [0.1, 0.15) is 11.6 Å². The largest absolute Gasteiger partial charge is 0.464 e. The highest BCUT2D eigenvalue weighted by Crippen LogP contribution is 2.33. The molecule has 0 aliphatic carbocycles. The normalized spacial score (nSPS) is 15.6. The lowest BCUT2D eigenvalue weighted by Crippen LogP contribution is -2.44. The van der Waals surface area contributed by atoms with Crippen LogP contribution in [0.15, 0.2) is 83.8 Å².